The van der Waals surface area contributed by atoms with Crippen molar-refractivity contribution < 1.29 is 15.0 Å². The van der Waals surface area contributed by atoms with E-state index in [0.29, 0.717) is 22.0 Å². The number of carbonyl (C=O) groups is 1. The van der Waals surface area contributed by atoms with Gasteiger partial charge in [0, 0.05) is 10.0 Å². The van der Waals surface area contributed by atoms with Crippen molar-refractivity contribution in [2.45, 2.75) is 25.5 Å². The Morgan fingerprint density at radius 2 is 2.12 bits per heavy atom. The van der Waals surface area contributed by atoms with Gasteiger partial charge in [0.1, 0.15) is 0 Å². The van der Waals surface area contributed by atoms with Gasteiger partial charge in [0.2, 0.25) is 0 Å². The van der Waals surface area contributed by atoms with E-state index in [4.69, 9.17) is 28.3 Å². The molecular weight excluding hydrogens is 265 g/mol. The Bertz CT molecular complexity index is 412. The van der Waals surface area contributed by atoms with Gasteiger partial charge < -0.3 is 15.5 Å². The number of rotatable bonds is 4. The quantitative estimate of drug-likeness (QED) is 0.792. The first-order valence-electron chi connectivity index (χ1n) is 5.08. The van der Waals surface area contributed by atoms with E-state index in [9.17, 15) is 9.90 Å². The minimum atomic E-state index is -1.21. The van der Waals surface area contributed by atoms with Crippen molar-refractivity contribution in [1.82, 2.24) is 5.32 Å². The molecule has 0 aliphatic heterocycles. The SMILES string of the molecule is CC[C@H](O)[C@@H](NC(=O)O)c1ccc(Cl)cc1Cl. The van der Waals surface area contributed by atoms with Crippen molar-refractivity contribution in [3.05, 3.63) is 33.8 Å². The van der Waals surface area contributed by atoms with E-state index in [1.165, 1.54) is 6.07 Å². The van der Waals surface area contributed by atoms with Gasteiger partial charge in [-0.25, -0.2) is 4.79 Å². The van der Waals surface area contributed by atoms with E-state index in [-0.39, 0.29) is 0 Å². The Balaban J connectivity index is 3.07. The maximum Gasteiger partial charge on any atom is 0.405 e. The molecule has 0 heterocycles. The molecule has 0 aliphatic rings. The molecule has 0 aliphatic carbocycles. The van der Waals surface area contributed by atoms with Gasteiger partial charge >= 0.3 is 6.09 Å². The van der Waals surface area contributed by atoms with Crippen LogP contribution in [0.5, 0.6) is 0 Å². The molecule has 0 saturated heterocycles. The first-order chi connectivity index (χ1) is 7.95. The molecule has 17 heavy (non-hydrogen) atoms. The molecular formula is C11H13Cl2NO3. The van der Waals surface area contributed by atoms with Crippen LogP contribution in [0.25, 0.3) is 0 Å². The van der Waals surface area contributed by atoms with Crippen LogP contribution in [0.15, 0.2) is 18.2 Å². The predicted octanol–water partition coefficient (Wildman–Crippen LogP) is 3.07. The van der Waals surface area contributed by atoms with Gasteiger partial charge in [-0.1, -0.05) is 36.2 Å². The molecule has 2 atom stereocenters. The topological polar surface area (TPSA) is 69.6 Å². The molecule has 0 saturated carbocycles. The van der Waals surface area contributed by atoms with Crippen LogP contribution in [0, 0.1) is 0 Å². The molecule has 1 aromatic rings. The maximum atomic E-state index is 10.7. The number of hydrogen-bond donors (Lipinski definition) is 3. The normalized spacial score (nSPS) is 14.1. The Kier molecular flexibility index (Phi) is 5.05. The number of benzene rings is 1. The Labute approximate surface area is 109 Å². The summed E-state index contributed by atoms with van der Waals surface area (Å²) in [6.07, 6.45) is -1.65. The second kappa shape index (κ2) is 6.10. The van der Waals surface area contributed by atoms with Crippen LogP contribution in [0.3, 0.4) is 0 Å². The summed E-state index contributed by atoms with van der Waals surface area (Å²) in [6, 6.07) is 3.95. The molecule has 0 unspecified atom stereocenters. The zero-order valence-corrected chi connectivity index (χ0v) is 10.7. The van der Waals surface area contributed by atoms with Gasteiger partial charge in [-0.15, -0.1) is 0 Å². The summed E-state index contributed by atoms with van der Waals surface area (Å²) in [5.74, 6) is 0. The number of aliphatic hydroxyl groups is 1. The standard InChI is InChI=1S/C11H13Cl2NO3/c1-2-9(15)10(14-11(16)17)7-4-3-6(12)5-8(7)13/h3-5,9-10,14-15H,2H2,1H3,(H,16,17)/t9-,10-/m0/s1. The van der Waals surface area contributed by atoms with E-state index in [2.05, 4.69) is 5.32 Å². The highest BCUT2D eigenvalue weighted by molar-refractivity contribution is 6.35. The highest BCUT2D eigenvalue weighted by Crippen LogP contribution is 2.29. The lowest BCUT2D eigenvalue weighted by Gasteiger charge is -2.23. The van der Waals surface area contributed by atoms with Gasteiger partial charge in [-0.05, 0) is 24.1 Å². The number of hydrogen-bond acceptors (Lipinski definition) is 2. The van der Waals surface area contributed by atoms with Gasteiger partial charge in [-0.3, -0.25) is 0 Å². The van der Waals surface area contributed by atoms with Crippen LogP contribution in [0.1, 0.15) is 24.9 Å². The average Bonchev–Trinajstić information content (AvgIpc) is 2.25. The van der Waals surface area contributed by atoms with Crippen LogP contribution >= 0.6 is 23.2 Å². The molecule has 4 nitrogen and oxygen atoms in total. The summed E-state index contributed by atoms with van der Waals surface area (Å²) < 4.78 is 0. The maximum absolute atomic E-state index is 10.7. The van der Waals surface area contributed by atoms with Crippen molar-refractivity contribution >= 4 is 29.3 Å². The summed E-state index contributed by atoms with van der Waals surface area (Å²) in [5.41, 5.74) is 0.507. The molecule has 1 rings (SSSR count). The molecule has 0 aromatic heterocycles. The third kappa shape index (κ3) is 3.77. The van der Waals surface area contributed by atoms with Gasteiger partial charge in [0.05, 0.1) is 12.1 Å². The van der Waals surface area contributed by atoms with Crippen molar-refractivity contribution in [3.63, 3.8) is 0 Å². The lowest BCUT2D eigenvalue weighted by Crippen LogP contribution is -2.35. The second-order valence-electron chi connectivity index (χ2n) is 3.57. The Morgan fingerprint density at radius 3 is 2.59 bits per heavy atom. The summed E-state index contributed by atoms with van der Waals surface area (Å²) in [7, 11) is 0. The van der Waals surface area contributed by atoms with Crippen LogP contribution in [-0.4, -0.2) is 22.4 Å². The lowest BCUT2D eigenvalue weighted by atomic mass is 10.00. The second-order valence-corrected chi connectivity index (χ2v) is 4.41. The molecule has 1 amide bonds. The lowest BCUT2D eigenvalue weighted by molar-refractivity contribution is 0.116. The van der Waals surface area contributed by atoms with Crippen molar-refractivity contribution in [1.29, 1.82) is 0 Å². The summed E-state index contributed by atoms with van der Waals surface area (Å²) >= 11 is 11.7. The molecule has 1 aromatic carbocycles. The third-order valence-corrected chi connectivity index (χ3v) is 2.94. The third-order valence-electron chi connectivity index (χ3n) is 2.38. The zero-order valence-electron chi connectivity index (χ0n) is 9.15. The molecule has 3 N–H and O–H groups in total. The van der Waals surface area contributed by atoms with Gasteiger partial charge in [-0.2, -0.15) is 0 Å². The Hall–Kier alpha value is -0.970. The summed E-state index contributed by atoms with van der Waals surface area (Å²) in [4.78, 5) is 10.7. The highest BCUT2D eigenvalue weighted by atomic mass is 35.5. The van der Waals surface area contributed by atoms with Crippen molar-refractivity contribution in [3.8, 4) is 0 Å². The summed E-state index contributed by atoms with van der Waals surface area (Å²) in [5, 5.41) is 21.6. The smallest absolute Gasteiger partial charge is 0.405 e. The minimum absolute atomic E-state index is 0.323. The van der Waals surface area contributed by atoms with Gasteiger partial charge in [0.15, 0.2) is 0 Å². The van der Waals surface area contributed by atoms with E-state index < -0.39 is 18.2 Å². The van der Waals surface area contributed by atoms with E-state index in [1.807, 2.05) is 0 Å². The minimum Gasteiger partial charge on any atom is -0.465 e. The van der Waals surface area contributed by atoms with E-state index in [0.717, 1.165) is 0 Å². The van der Waals surface area contributed by atoms with Crippen LogP contribution < -0.4 is 5.32 Å². The zero-order chi connectivity index (χ0) is 13.0. The van der Waals surface area contributed by atoms with Crippen molar-refractivity contribution in [2.24, 2.45) is 0 Å². The monoisotopic (exact) mass is 277 g/mol. The number of nitrogens with one attached hydrogen (secondary N) is 1. The van der Waals surface area contributed by atoms with Gasteiger partial charge in [0.25, 0.3) is 0 Å². The molecule has 0 spiro atoms. The Morgan fingerprint density at radius 1 is 1.47 bits per heavy atom. The number of carboxylic acid groups (broad SMARTS) is 1. The fraction of sp³-hybridized carbons (Fsp3) is 0.364. The van der Waals surface area contributed by atoms with Crippen LogP contribution in [0.2, 0.25) is 10.0 Å². The predicted molar refractivity (Wildman–Crippen MR) is 66.7 cm³/mol. The summed E-state index contributed by atoms with van der Waals surface area (Å²) in [6.45, 7) is 1.75. The van der Waals surface area contributed by atoms with Crippen molar-refractivity contribution in [2.75, 3.05) is 0 Å². The molecule has 0 bridgehead atoms. The number of halogens is 2. The van der Waals surface area contributed by atoms with Crippen LogP contribution in [0.4, 0.5) is 4.79 Å². The number of amides is 1. The van der Waals surface area contributed by atoms with E-state index >= 15 is 0 Å². The average molecular weight is 278 g/mol. The first-order valence-corrected chi connectivity index (χ1v) is 5.83. The molecule has 0 radical (unpaired) electrons. The van der Waals surface area contributed by atoms with E-state index in [1.54, 1.807) is 19.1 Å². The molecule has 94 valence electrons. The number of aliphatic hydroxyl groups excluding tert-OH is 1. The fourth-order valence-corrected chi connectivity index (χ4v) is 2.03. The largest absolute Gasteiger partial charge is 0.465 e. The molecule has 0 fully saturated rings. The van der Waals surface area contributed by atoms with Crippen LogP contribution in [-0.2, 0) is 0 Å². The fourth-order valence-electron chi connectivity index (χ4n) is 1.50. The highest BCUT2D eigenvalue weighted by Gasteiger charge is 2.23. The molecule has 6 heteroatoms. The first kappa shape index (κ1) is 14.1.